The largest absolute Gasteiger partial charge is 0.410 e. The fraction of sp³-hybridized carbons (Fsp3) is 0.200. The Morgan fingerprint density at radius 2 is 2.20 bits per heavy atom. The predicted octanol–water partition coefficient (Wildman–Crippen LogP) is 1.07. The average molecular weight is 206 g/mol. The molecule has 1 heterocycles. The number of carbonyl (C=O) groups excluding carboxylic acids is 2. The molecule has 0 bridgehead atoms. The second-order valence-corrected chi connectivity index (χ2v) is 2.77. The van der Waals surface area contributed by atoms with Gasteiger partial charge in [-0.25, -0.2) is 0 Å². The van der Waals surface area contributed by atoms with Crippen LogP contribution in [0.25, 0.3) is 0 Å². The zero-order valence-electron chi connectivity index (χ0n) is 8.17. The molecule has 0 aliphatic carbocycles. The first-order valence-electron chi connectivity index (χ1n) is 4.41. The number of hydrogen-bond donors (Lipinski definition) is 1. The van der Waals surface area contributed by atoms with Crippen LogP contribution in [0.2, 0.25) is 0 Å². The lowest BCUT2D eigenvalue weighted by Gasteiger charge is -1.99. The van der Waals surface area contributed by atoms with Gasteiger partial charge in [0, 0.05) is 12.6 Å². The van der Waals surface area contributed by atoms with E-state index in [1.165, 1.54) is 12.3 Å². The molecule has 0 saturated heterocycles. The third-order valence-electron chi connectivity index (χ3n) is 1.80. The van der Waals surface area contributed by atoms with Crippen molar-refractivity contribution in [1.29, 1.82) is 0 Å². The molecule has 78 valence electrons. The van der Waals surface area contributed by atoms with Crippen molar-refractivity contribution in [2.75, 3.05) is 0 Å². The van der Waals surface area contributed by atoms with Crippen molar-refractivity contribution >= 4 is 17.3 Å². The summed E-state index contributed by atoms with van der Waals surface area (Å²) in [7, 11) is 0. The molecule has 0 unspecified atom stereocenters. The highest BCUT2D eigenvalue weighted by Crippen LogP contribution is 2.00. The van der Waals surface area contributed by atoms with E-state index in [1.807, 2.05) is 0 Å². The minimum Gasteiger partial charge on any atom is -0.410 e. The smallest absolute Gasteiger partial charge is 0.236 e. The van der Waals surface area contributed by atoms with E-state index < -0.39 is 17.3 Å². The monoisotopic (exact) mass is 206 g/mol. The molecule has 0 aliphatic heterocycles. The Hall–Kier alpha value is -2.04. The molecular formula is C10H10N2O3. The molecule has 15 heavy (non-hydrogen) atoms. The second-order valence-electron chi connectivity index (χ2n) is 2.77. The molecule has 5 heteroatoms. The molecular weight excluding hydrogens is 196 g/mol. The van der Waals surface area contributed by atoms with Gasteiger partial charge in [0.15, 0.2) is 11.5 Å². The summed E-state index contributed by atoms with van der Waals surface area (Å²) in [5, 5.41) is 11.3. The number of aromatic nitrogens is 1. The van der Waals surface area contributed by atoms with Gasteiger partial charge in [-0.1, -0.05) is 18.1 Å². The maximum absolute atomic E-state index is 11.6. The minimum absolute atomic E-state index is 0.0899. The summed E-state index contributed by atoms with van der Waals surface area (Å²) >= 11 is 0. The number of hydrogen-bond acceptors (Lipinski definition) is 5. The maximum atomic E-state index is 11.6. The Morgan fingerprint density at radius 3 is 2.67 bits per heavy atom. The molecule has 0 saturated carbocycles. The van der Waals surface area contributed by atoms with Crippen molar-refractivity contribution in [3.63, 3.8) is 0 Å². The van der Waals surface area contributed by atoms with Gasteiger partial charge >= 0.3 is 0 Å². The topological polar surface area (TPSA) is 79.6 Å². The SMILES string of the molecule is CCC(=O)C(=NO)C(=O)c1ccccn1. The van der Waals surface area contributed by atoms with Crippen LogP contribution in [-0.2, 0) is 4.79 Å². The van der Waals surface area contributed by atoms with E-state index in [9.17, 15) is 9.59 Å². The van der Waals surface area contributed by atoms with Crippen LogP contribution < -0.4 is 0 Å². The molecule has 5 nitrogen and oxygen atoms in total. The van der Waals surface area contributed by atoms with Gasteiger partial charge in [0.05, 0.1) is 0 Å². The quantitative estimate of drug-likeness (QED) is 0.263. The molecule has 0 spiro atoms. The zero-order chi connectivity index (χ0) is 11.3. The Bertz CT molecular complexity index is 398. The van der Waals surface area contributed by atoms with Crippen molar-refractivity contribution in [3.05, 3.63) is 30.1 Å². The summed E-state index contributed by atoms with van der Waals surface area (Å²) in [6.07, 6.45) is 1.54. The fourth-order valence-electron chi connectivity index (χ4n) is 1.01. The summed E-state index contributed by atoms with van der Waals surface area (Å²) in [4.78, 5) is 26.6. The Balaban J connectivity index is 2.99. The number of pyridine rings is 1. The van der Waals surface area contributed by atoms with Crippen LogP contribution in [0.3, 0.4) is 0 Å². The lowest BCUT2D eigenvalue weighted by Crippen LogP contribution is -2.24. The average Bonchev–Trinajstić information content (AvgIpc) is 2.30. The third-order valence-corrected chi connectivity index (χ3v) is 1.80. The Labute approximate surface area is 86.4 Å². The van der Waals surface area contributed by atoms with Crippen LogP contribution in [0, 0.1) is 0 Å². The number of rotatable bonds is 4. The lowest BCUT2D eigenvalue weighted by molar-refractivity contribution is -0.112. The predicted molar refractivity (Wildman–Crippen MR) is 53.1 cm³/mol. The number of ketones is 2. The first-order valence-corrected chi connectivity index (χ1v) is 4.41. The standard InChI is InChI=1S/C10H10N2O3/c1-2-8(13)9(12-15)10(14)7-5-3-4-6-11-7/h3-6,15H,2H2,1H3. The van der Waals surface area contributed by atoms with E-state index >= 15 is 0 Å². The highest BCUT2D eigenvalue weighted by Gasteiger charge is 2.21. The minimum atomic E-state index is -0.662. The van der Waals surface area contributed by atoms with Crippen molar-refractivity contribution in [1.82, 2.24) is 4.98 Å². The molecule has 0 amide bonds. The Kier molecular flexibility index (Phi) is 3.68. The van der Waals surface area contributed by atoms with Crippen LogP contribution in [0.1, 0.15) is 23.8 Å². The highest BCUT2D eigenvalue weighted by atomic mass is 16.4. The van der Waals surface area contributed by atoms with Crippen LogP contribution in [0.5, 0.6) is 0 Å². The van der Waals surface area contributed by atoms with Gasteiger partial charge in [0.25, 0.3) is 0 Å². The van der Waals surface area contributed by atoms with E-state index in [2.05, 4.69) is 10.1 Å². The summed E-state index contributed by atoms with van der Waals surface area (Å²) in [5.74, 6) is -1.17. The first kappa shape index (κ1) is 11.0. The van der Waals surface area contributed by atoms with E-state index in [0.29, 0.717) is 0 Å². The van der Waals surface area contributed by atoms with Crippen LogP contribution in [0.15, 0.2) is 29.6 Å². The van der Waals surface area contributed by atoms with Crippen molar-refractivity contribution in [3.8, 4) is 0 Å². The van der Waals surface area contributed by atoms with Gasteiger partial charge in [-0.15, -0.1) is 0 Å². The normalized spacial score (nSPS) is 11.1. The number of carbonyl (C=O) groups is 2. The molecule has 1 aromatic heterocycles. The van der Waals surface area contributed by atoms with Crippen LogP contribution >= 0.6 is 0 Å². The molecule has 0 aliphatic rings. The van der Waals surface area contributed by atoms with Gasteiger partial charge in [0.1, 0.15) is 5.69 Å². The lowest BCUT2D eigenvalue weighted by atomic mass is 10.1. The summed E-state index contributed by atoms with van der Waals surface area (Å²) in [6, 6.07) is 4.72. The highest BCUT2D eigenvalue weighted by molar-refractivity contribution is 6.68. The van der Waals surface area contributed by atoms with Crippen LogP contribution in [0.4, 0.5) is 0 Å². The molecule has 0 atom stereocenters. The number of Topliss-reactive ketones (excluding diaryl/α,β-unsaturated/α-hetero) is 2. The van der Waals surface area contributed by atoms with Crippen LogP contribution in [-0.4, -0.2) is 27.5 Å². The molecule has 1 rings (SSSR count). The van der Waals surface area contributed by atoms with E-state index in [-0.39, 0.29) is 12.1 Å². The third kappa shape index (κ3) is 2.46. The maximum Gasteiger partial charge on any atom is 0.236 e. The number of nitrogens with zero attached hydrogens (tertiary/aromatic N) is 2. The summed E-state index contributed by atoms with van der Waals surface area (Å²) < 4.78 is 0. The summed E-state index contributed by atoms with van der Waals surface area (Å²) in [5.41, 5.74) is -0.386. The second kappa shape index (κ2) is 4.99. The molecule has 1 aromatic rings. The van der Waals surface area contributed by atoms with E-state index in [4.69, 9.17) is 5.21 Å². The molecule has 0 radical (unpaired) electrons. The zero-order valence-corrected chi connectivity index (χ0v) is 8.17. The van der Waals surface area contributed by atoms with Gasteiger partial charge < -0.3 is 5.21 Å². The first-order chi connectivity index (χ1) is 7.20. The Morgan fingerprint density at radius 1 is 1.47 bits per heavy atom. The van der Waals surface area contributed by atoms with E-state index in [1.54, 1.807) is 19.1 Å². The molecule has 1 N–H and O–H groups in total. The van der Waals surface area contributed by atoms with Gasteiger partial charge in [-0.3, -0.25) is 14.6 Å². The fourth-order valence-corrected chi connectivity index (χ4v) is 1.01. The molecule has 0 fully saturated rings. The van der Waals surface area contributed by atoms with E-state index in [0.717, 1.165) is 0 Å². The van der Waals surface area contributed by atoms with Gasteiger partial charge in [0.2, 0.25) is 5.78 Å². The van der Waals surface area contributed by atoms with Gasteiger partial charge in [-0.05, 0) is 12.1 Å². The van der Waals surface area contributed by atoms with Crippen molar-refractivity contribution in [2.24, 2.45) is 5.16 Å². The van der Waals surface area contributed by atoms with Crippen molar-refractivity contribution < 1.29 is 14.8 Å². The molecule has 0 aromatic carbocycles. The summed E-state index contributed by atoms with van der Waals surface area (Å²) in [6.45, 7) is 1.58. The van der Waals surface area contributed by atoms with Gasteiger partial charge in [-0.2, -0.15) is 0 Å². The van der Waals surface area contributed by atoms with Crippen molar-refractivity contribution in [2.45, 2.75) is 13.3 Å². The number of oxime groups is 1.